The molecule has 0 saturated heterocycles. The molecule has 1 heterocycles. The molecule has 6 heteroatoms. The minimum Gasteiger partial charge on any atom is -0.491 e. The van der Waals surface area contributed by atoms with E-state index in [4.69, 9.17) is 4.74 Å². The van der Waals surface area contributed by atoms with Crippen LogP contribution in [0.15, 0.2) is 12.1 Å². The first kappa shape index (κ1) is 11.2. The molecule has 0 amide bonds. The van der Waals surface area contributed by atoms with Gasteiger partial charge in [0.05, 0.1) is 11.6 Å². The molecule has 0 spiro atoms. The average molecular weight is 235 g/mol. The van der Waals surface area contributed by atoms with Crippen LogP contribution in [-0.2, 0) is 6.18 Å². The summed E-state index contributed by atoms with van der Waals surface area (Å²) in [5.41, 5.74) is -0.865. The Morgan fingerprint density at radius 1 is 1.38 bits per heavy atom. The number of benzene rings is 1. The Labute approximate surface area is 89.2 Å². The van der Waals surface area contributed by atoms with Gasteiger partial charge in [0.25, 0.3) is 0 Å². The number of halogens is 4. The molecular weight excluding hydrogens is 226 g/mol. The van der Waals surface area contributed by atoms with Crippen LogP contribution < -0.4 is 10.1 Å². The molecule has 1 aromatic rings. The number of nitrogens with one attached hydrogen (secondary N) is 1. The molecule has 0 unspecified atom stereocenters. The SMILES string of the molecule is CN[C@@H]1COc2cc(C(F)(F)F)c(F)cc21. The average Bonchev–Trinajstić information content (AvgIpc) is 2.57. The third-order valence-corrected chi connectivity index (χ3v) is 2.53. The second kappa shape index (κ2) is 3.62. The Balaban J connectivity index is 2.49. The van der Waals surface area contributed by atoms with Crippen molar-refractivity contribution in [3.63, 3.8) is 0 Å². The Morgan fingerprint density at radius 3 is 2.62 bits per heavy atom. The van der Waals surface area contributed by atoms with Gasteiger partial charge in [0, 0.05) is 5.56 Å². The van der Waals surface area contributed by atoms with Crippen molar-refractivity contribution < 1.29 is 22.3 Å². The summed E-state index contributed by atoms with van der Waals surface area (Å²) in [7, 11) is 1.64. The molecule has 1 N–H and O–H groups in total. The number of hydrogen-bond acceptors (Lipinski definition) is 2. The van der Waals surface area contributed by atoms with Gasteiger partial charge in [-0.1, -0.05) is 0 Å². The zero-order chi connectivity index (χ0) is 11.9. The summed E-state index contributed by atoms with van der Waals surface area (Å²) in [5.74, 6) is -1.18. The van der Waals surface area contributed by atoms with Crippen molar-refractivity contribution in [2.24, 2.45) is 0 Å². The smallest absolute Gasteiger partial charge is 0.419 e. The van der Waals surface area contributed by atoms with Gasteiger partial charge in [-0.15, -0.1) is 0 Å². The van der Waals surface area contributed by atoms with Gasteiger partial charge in [-0.2, -0.15) is 13.2 Å². The largest absolute Gasteiger partial charge is 0.491 e. The van der Waals surface area contributed by atoms with E-state index in [1.807, 2.05) is 0 Å². The predicted molar refractivity (Wildman–Crippen MR) is 48.7 cm³/mol. The summed E-state index contributed by atoms with van der Waals surface area (Å²) in [5, 5.41) is 2.83. The van der Waals surface area contributed by atoms with E-state index in [0.717, 1.165) is 6.07 Å². The molecule has 0 fully saturated rings. The van der Waals surface area contributed by atoms with Crippen LogP contribution >= 0.6 is 0 Å². The van der Waals surface area contributed by atoms with E-state index in [-0.39, 0.29) is 18.4 Å². The fourth-order valence-electron chi connectivity index (χ4n) is 1.69. The van der Waals surface area contributed by atoms with Crippen molar-refractivity contribution in [2.75, 3.05) is 13.7 Å². The first-order valence-corrected chi connectivity index (χ1v) is 4.64. The fourth-order valence-corrected chi connectivity index (χ4v) is 1.69. The lowest BCUT2D eigenvalue weighted by atomic mass is 10.1. The molecule has 16 heavy (non-hydrogen) atoms. The van der Waals surface area contributed by atoms with E-state index < -0.39 is 17.6 Å². The highest BCUT2D eigenvalue weighted by molar-refractivity contribution is 5.44. The van der Waals surface area contributed by atoms with E-state index in [9.17, 15) is 17.6 Å². The first-order valence-electron chi connectivity index (χ1n) is 4.64. The molecule has 1 aromatic carbocycles. The molecule has 1 aliphatic rings. The van der Waals surface area contributed by atoms with Crippen LogP contribution in [0.2, 0.25) is 0 Å². The van der Waals surface area contributed by atoms with Crippen molar-refractivity contribution >= 4 is 0 Å². The van der Waals surface area contributed by atoms with Crippen LogP contribution in [0.25, 0.3) is 0 Å². The van der Waals surface area contributed by atoms with Crippen molar-refractivity contribution in [1.29, 1.82) is 0 Å². The van der Waals surface area contributed by atoms with Crippen LogP contribution in [0.3, 0.4) is 0 Å². The number of fused-ring (bicyclic) bond motifs is 1. The minimum absolute atomic E-state index is 0.0908. The van der Waals surface area contributed by atoms with Crippen LogP contribution in [0.4, 0.5) is 17.6 Å². The highest BCUT2D eigenvalue weighted by atomic mass is 19.4. The molecule has 0 bridgehead atoms. The molecule has 0 aliphatic carbocycles. The maximum absolute atomic E-state index is 13.2. The Bertz CT molecular complexity index is 416. The highest BCUT2D eigenvalue weighted by Crippen LogP contribution is 2.39. The monoisotopic (exact) mass is 235 g/mol. The Kier molecular flexibility index (Phi) is 2.53. The second-order valence-electron chi connectivity index (χ2n) is 3.52. The van der Waals surface area contributed by atoms with Gasteiger partial charge in [0.2, 0.25) is 0 Å². The minimum atomic E-state index is -4.69. The fraction of sp³-hybridized carbons (Fsp3) is 0.400. The predicted octanol–water partition coefficient (Wildman–Crippen LogP) is 2.50. The summed E-state index contributed by atoms with van der Waals surface area (Å²) in [6.07, 6.45) is -4.69. The van der Waals surface area contributed by atoms with E-state index in [1.54, 1.807) is 7.05 Å². The molecule has 0 saturated carbocycles. The Hall–Kier alpha value is -1.30. The highest BCUT2D eigenvalue weighted by Gasteiger charge is 2.37. The van der Waals surface area contributed by atoms with Crippen molar-refractivity contribution in [2.45, 2.75) is 12.2 Å². The molecule has 1 atom stereocenters. The van der Waals surface area contributed by atoms with Gasteiger partial charge in [-0.05, 0) is 19.2 Å². The number of likely N-dealkylation sites (N-methyl/N-ethyl adjacent to an activating group) is 1. The summed E-state index contributed by atoms with van der Waals surface area (Å²) in [6.45, 7) is 0.215. The standard InChI is InChI=1S/C10H9F4NO/c1-15-8-4-16-9-3-6(10(12,13)14)7(11)2-5(8)9/h2-3,8,15H,4H2,1H3/t8-/m1/s1. The van der Waals surface area contributed by atoms with Crippen molar-refractivity contribution in [3.8, 4) is 5.75 Å². The van der Waals surface area contributed by atoms with Gasteiger partial charge < -0.3 is 10.1 Å². The maximum Gasteiger partial charge on any atom is 0.419 e. The topological polar surface area (TPSA) is 21.3 Å². The molecule has 0 aromatic heterocycles. The van der Waals surface area contributed by atoms with Crippen molar-refractivity contribution in [1.82, 2.24) is 5.32 Å². The third kappa shape index (κ3) is 1.73. The summed E-state index contributed by atoms with van der Waals surface area (Å²) < 4.78 is 55.5. The summed E-state index contributed by atoms with van der Waals surface area (Å²) in [6, 6.07) is 1.33. The number of alkyl halides is 3. The van der Waals surface area contributed by atoms with Crippen molar-refractivity contribution in [3.05, 3.63) is 29.1 Å². The van der Waals surface area contributed by atoms with E-state index in [1.165, 1.54) is 0 Å². The summed E-state index contributed by atoms with van der Waals surface area (Å²) >= 11 is 0. The first-order chi connectivity index (χ1) is 7.43. The third-order valence-electron chi connectivity index (χ3n) is 2.53. The van der Waals surface area contributed by atoms with E-state index >= 15 is 0 Å². The maximum atomic E-state index is 13.2. The molecule has 88 valence electrons. The van der Waals surface area contributed by atoms with E-state index in [0.29, 0.717) is 11.6 Å². The quantitative estimate of drug-likeness (QED) is 0.755. The van der Waals surface area contributed by atoms with Crippen LogP contribution in [0, 0.1) is 5.82 Å². The molecular formula is C10H9F4NO. The second-order valence-corrected chi connectivity index (χ2v) is 3.52. The van der Waals surface area contributed by atoms with Gasteiger partial charge >= 0.3 is 6.18 Å². The van der Waals surface area contributed by atoms with E-state index in [2.05, 4.69) is 5.32 Å². The van der Waals surface area contributed by atoms with Gasteiger partial charge in [-0.3, -0.25) is 0 Å². The van der Waals surface area contributed by atoms with Crippen LogP contribution in [0.5, 0.6) is 5.75 Å². The molecule has 2 rings (SSSR count). The zero-order valence-corrected chi connectivity index (χ0v) is 8.36. The van der Waals surface area contributed by atoms with Gasteiger partial charge in [-0.25, -0.2) is 4.39 Å². The summed E-state index contributed by atoms with van der Waals surface area (Å²) in [4.78, 5) is 0. The number of hydrogen-bond donors (Lipinski definition) is 1. The Morgan fingerprint density at radius 2 is 2.06 bits per heavy atom. The molecule has 2 nitrogen and oxygen atoms in total. The lowest BCUT2D eigenvalue weighted by Crippen LogP contribution is -2.17. The van der Waals surface area contributed by atoms with Crippen LogP contribution in [-0.4, -0.2) is 13.7 Å². The van der Waals surface area contributed by atoms with Gasteiger partial charge in [0.15, 0.2) is 0 Å². The normalized spacial score (nSPS) is 19.4. The van der Waals surface area contributed by atoms with Crippen LogP contribution in [0.1, 0.15) is 17.2 Å². The molecule has 0 radical (unpaired) electrons. The number of ether oxygens (including phenoxy) is 1. The lowest BCUT2D eigenvalue weighted by molar-refractivity contribution is -0.140. The zero-order valence-electron chi connectivity index (χ0n) is 8.36. The number of rotatable bonds is 1. The lowest BCUT2D eigenvalue weighted by Gasteiger charge is -2.11. The van der Waals surface area contributed by atoms with Gasteiger partial charge in [0.1, 0.15) is 18.2 Å². The molecule has 1 aliphatic heterocycles.